The highest BCUT2D eigenvalue weighted by Gasteiger charge is 2.18. The van der Waals surface area contributed by atoms with E-state index in [1.165, 1.54) is 0 Å². The van der Waals surface area contributed by atoms with Crippen molar-refractivity contribution in [1.82, 2.24) is 0 Å². The number of carbonyl (C=O) groups is 1. The number of hydrogen-bond acceptors (Lipinski definition) is 2. The molecule has 1 amide bonds. The first-order valence-electron chi connectivity index (χ1n) is 6.31. The second-order valence-corrected chi connectivity index (χ2v) is 4.21. The zero-order valence-electron chi connectivity index (χ0n) is 11.2. The van der Waals surface area contributed by atoms with Gasteiger partial charge in [-0.2, -0.15) is 0 Å². The van der Waals surface area contributed by atoms with Crippen LogP contribution in [0.3, 0.4) is 0 Å². The van der Waals surface area contributed by atoms with Gasteiger partial charge in [-0.3, -0.25) is 0 Å². The molecule has 0 aliphatic heterocycles. The number of rotatable bonds is 3. The smallest absolute Gasteiger partial charge is 0.418 e. The maximum Gasteiger partial charge on any atom is 0.418 e. The molecule has 0 atom stereocenters. The minimum atomic E-state index is -0.363. The van der Waals surface area contributed by atoms with Crippen LogP contribution in [-0.4, -0.2) is 12.7 Å². The summed E-state index contributed by atoms with van der Waals surface area (Å²) in [6.45, 7) is 4.17. The molecule has 0 spiro atoms. The van der Waals surface area contributed by atoms with Crippen molar-refractivity contribution < 1.29 is 9.53 Å². The Morgan fingerprint density at radius 3 is 2.16 bits per heavy atom. The highest BCUT2D eigenvalue weighted by atomic mass is 16.6. The highest BCUT2D eigenvalue weighted by molar-refractivity contribution is 5.95. The topological polar surface area (TPSA) is 29.5 Å². The van der Waals surface area contributed by atoms with Gasteiger partial charge in [0.2, 0.25) is 0 Å². The zero-order chi connectivity index (χ0) is 13.7. The number of nitrogens with zero attached hydrogens (tertiary/aromatic N) is 1. The van der Waals surface area contributed by atoms with E-state index in [4.69, 9.17) is 4.74 Å². The minimum Gasteiger partial charge on any atom is -0.449 e. The van der Waals surface area contributed by atoms with E-state index in [2.05, 4.69) is 0 Å². The molecule has 0 saturated heterocycles. The summed E-state index contributed by atoms with van der Waals surface area (Å²) < 4.78 is 5.13. The molecule has 0 aliphatic carbocycles. The molecular weight excluding hydrogens is 238 g/mol. The van der Waals surface area contributed by atoms with Gasteiger partial charge in [0.05, 0.1) is 18.0 Å². The van der Waals surface area contributed by atoms with Crippen molar-refractivity contribution in [1.29, 1.82) is 0 Å². The van der Waals surface area contributed by atoms with Crippen molar-refractivity contribution >= 4 is 17.5 Å². The van der Waals surface area contributed by atoms with E-state index in [0.29, 0.717) is 6.61 Å². The predicted octanol–water partition coefficient (Wildman–Crippen LogP) is 4.29. The zero-order valence-corrected chi connectivity index (χ0v) is 11.2. The summed E-state index contributed by atoms with van der Waals surface area (Å²) in [5.74, 6) is 0. The molecule has 19 heavy (non-hydrogen) atoms. The van der Waals surface area contributed by atoms with E-state index in [9.17, 15) is 4.79 Å². The fourth-order valence-electron chi connectivity index (χ4n) is 1.82. The standard InChI is InChI=1S/C16H17NO2/c1-3-19-16(18)17(14-7-5-4-6-8-14)15-11-9-13(2)10-12-15/h4-12H,3H2,1-2H3. The second-order valence-electron chi connectivity index (χ2n) is 4.21. The number of anilines is 2. The Balaban J connectivity index is 2.40. The fourth-order valence-corrected chi connectivity index (χ4v) is 1.82. The van der Waals surface area contributed by atoms with Crippen LogP contribution in [0.4, 0.5) is 16.2 Å². The monoisotopic (exact) mass is 255 g/mol. The van der Waals surface area contributed by atoms with Crippen LogP contribution in [0.25, 0.3) is 0 Å². The number of hydrogen-bond donors (Lipinski definition) is 0. The number of carbonyl (C=O) groups excluding carboxylic acids is 1. The number of para-hydroxylation sites is 1. The maximum absolute atomic E-state index is 12.1. The average Bonchev–Trinajstić information content (AvgIpc) is 2.43. The van der Waals surface area contributed by atoms with Crippen molar-refractivity contribution in [3.63, 3.8) is 0 Å². The Hall–Kier alpha value is -2.29. The summed E-state index contributed by atoms with van der Waals surface area (Å²) in [4.78, 5) is 13.7. The van der Waals surface area contributed by atoms with E-state index in [-0.39, 0.29) is 6.09 Å². The molecule has 0 unspecified atom stereocenters. The molecule has 3 heteroatoms. The molecule has 2 rings (SSSR count). The van der Waals surface area contributed by atoms with Gasteiger partial charge in [0, 0.05) is 0 Å². The van der Waals surface area contributed by atoms with Crippen LogP contribution in [-0.2, 0) is 4.74 Å². The normalized spacial score (nSPS) is 10.0. The SMILES string of the molecule is CCOC(=O)N(c1ccccc1)c1ccc(C)cc1. The third-order valence-electron chi connectivity index (χ3n) is 2.76. The lowest BCUT2D eigenvalue weighted by Gasteiger charge is -2.22. The number of aryl methyl sites for hydroxylation is 1. The van der Waals surface area contributed by atoms with Crippen LogP contribution in [0.15, 0.2) is 54.6 Å². The molecule has 0 radical (unpaired) electrons. The van der Waals surface area contributed by atoms with Crippen LogP contribution >= 0.6 is 0 Å². The van der Waals surface area contributed by atoms with Crippen LogP contribution in [0.1, 0.15) is 12.5 Å². The Morgan fingerprint density at radius 2 is 1.58 bits per heavy atom. The lowest BCUT2D eigenvalue weighted by atomic mass is 10.2. The first kappa shape index (κ1) is 13.1. The molecule has 2 aromatic carbocycles. The highest BCUT2D eigenvalue weighted by Crippen LogP contribution is 2.26. The molecule has 0 N–H and O–H groups in total. The number of amides is 1. The summed E-state index contributed by atoms with van der Waals surface area (Å²) in [5.41, 5.74) is 2.75. The molecule has 0 bridgehead atoms. The molecule has 3 nitrogen and oxygen atoms in total. The Labute approximate surface area is 113 Å². The minimum absolute atomic E-state index is 0.355. The first-order valence-corrected chi connectivity index (χ1v) is 6.31. The van der Waals surface area contributed by atoms with Crippen molar-refractivity contribution in [2.24, 2.45) is 0 Å². The van der Waals surface area contributed by atoms with Crippen molar-refractivity contribution in [3.8, 4) is 0 Å². The van der Waals surface area contributed by atoms with Crippen LogP contribution in [0.2, 0.25) is 0 Å². The molecule has 0 aliphatic rings. The number of benzene rings is 2. The summed E-state index contributed by atoms with van der Waals surface area (Å²) in [5, 5.41) is 0. The molecule has 0 saturated carbocycles. The predicted molar refractivity (Wildman–Crippen MR) is 76.8 cm³/mol. The van der Waals surface area contributed by atoms with Gasteiger partial charge in [0.15, 0.2) is 0 Å². The van der Waals surface area contributed by atoms with E-state index in [1.54, 1.807) is 11.8 Å². The van der Waals surface area contributed by atoms with Crippen molar-refractivity contribution in [3.05, 3.63) is 60.2 Å². The van der Waals surface area contributed by atoms with E-state index in [0.717, 1.165) is 16.9 Å². The van der Waals surface area contributed by atoms with Gasteiger partial charge in [-0.25, -0.2) is 9.69 Å². The molecule has 98 valence electrons. The summed E-state index contributed by atoms with van der Waals surface area (Å²) in [6, 6.07) is 17.3. The maximum atomic E-state index is 12.1. The van der Waals surface area contributed by atoms with Gasteiger partial charge in [-0.05, 0) is 38.1 Å². The van der Waals surface area contributed by atoms with Gasteiger partial charge < -0.3 is 4.74 Å². The summed E-state index contributed by atoms with van der Waals surface area (Å²) >= 11 is 0. The molecule has 0 heterocycles. The largest absolute Gasteiger partial charge is 0.449 e. The van der Waals surface area contributed by atoms with E-state index in [1.807, 2.05) is 61.5 Å². The van der Waals surface area contributed by atoms with Crippen molar-refractivity contribution in [2.75, 3.05) is 11.5 Å². The average molecular weight is 255 g/mol. The van der Waals surface area contributed by atoms with Gasteiger partial charge in [0.1, 0.15) is 0 Å². The van der Waals surface area contributed by atoms with Crippen LogP contribution in [0.5, 0.6) is 0 Å². The Kier molecular flexibility index (Phi) is 4.18. The summed E-state index contributed by atoms with van der Waals surface area (Å²) in [6.07, 6.45) is -0.363. The third kappa shape index (κ3) is 3.13. The quantitative estimate of drug-likeness (QED) is 0.818. The fraction of sp³-hybridized carbons (Fsp3) is 0.188. The third-order valence-corrected chi connectivity index (χ3v) is 2.76. The van der Waals surface area contributed by atoms with E-state index >= 15 is 0 Å². The van der Waals surface area contributed by atoms with Gasteiger partial charge in [-0.15, -0.1) is 0 Å². The van der Waals surface area contributed by atoms with E-state index < -0.39 is 0 Å². The molecule has 0 fully saturated rings. The molecular formula is C16H17NO2. The molecule has 0 aromatic heterocycles. The van der Waals surface area contributed by atoms with Gasteiger partial charge in [-0.1, -0.05) is 35.9 Å². The first-order chi connectivity index (χ1) is 9.22. The lowest BCUT2D eigenvalue weighted by Crippen LogP contribution is -2.26. The second kappa shape index (κ2) is 6.05. The van der Waals surface area contributed by atoms with Crippen LogP contribution in [0, 0.1) is 6.92 Å². The van der Waals surface area contributed by atoms with Gasteiger partial charge >= 0.3 is 6.09 Å². The summed E-state index contributed by atoms with van der Waals surface area (Å²) in [7, 11) is 0. The lowest BCUT2D eigenvalue weighted by molar-refractivity contribution is 0.162. The molecule has 2 aromatic rings. The Morgan fingerprint density at radius 1 is 1.00 bits per heavy atom. The Bertz CT molecular complexity index is 534. The van der Waals surface area contributed by atoms with Crippen LogP contribution < -0.4 is 4.90 Å². The number of ether oxygens (including phenoxy) is 1. The van der Waals surface area contributed by atoms with Gasteiger partial charge in [0.25, 0.3) is 0 Å². The van der Waals surface area contributed by atoms with Crippen molar-refractivity contribution in [2.45, 2.75) is 13.8 Å².